The van der Waals surface area contributed by atoms with Crippen LogP contribution in [0.3, 0.4) is 0 Å². The van der Waals surface area contributed by atoms with Crippen molar-refractivity contribution in [1.29, 1.82) is 0 Å². The summed E-state index contributed by atoms with van der Waals surface area (Å²) in [5.41, 5.74) is 3.68. The third-order valence-electron chi connectivity index (χ3n) is 8.75. The van der Waals surface area contributed by atoms with Crippen LogP contribution in [0.25, 0.3) is 16.8 Å². The third kappa shape index (κ3) is 7.96. The summed E-state index contributed by atoms with van der Waals surface area (Å²) in [7, 11) is 4.68. The number of amides is 2. The minimum absolute atomic E-state index is 0.211. The predicted octanol–water partition coefficient (Wildman–Crippen LogP) is 5.05. The van der Waals surface area contributed by atoms with Gasteiger partial charge in [-0.25, -0.2) is 0 Å². The van der Waals surface area contributed by atoms with Gasteiger partial charge in [0, 0.05) is 18.7 Å². The van der Waals surface area contributed by atoms with Gasteiger partial charge in [0.1, 0.15) is 6.04 Å². The lowest BCUT2D eigenvalue weighted by atomic mass is 9.95. The van der Waals surface area contributed by atoms with Gasteiger partial charge in [0.15, 0.2) is 23.0 Å². The zero-order valence-electron chi connectivity index (χ0n) is 29.2. The maximum atomic E-state index is 14.1. The molecule has 0 spiro atoms. The van der Waals surface area contributed by atoms with E-state index in [-0.39, 0.29) is 22.9 Å². The molecule has 5 rings (SSSR count). The Hall–Kier alpha value is -4.43. The first-order valence-electron chi connectivity index (χ1n) is 16.4. The fourth-order valence-corrected chi connectivity index (χ4v) is 7.33. The zero-order valence-corrected chi connectivity index (χ0v) is 30.8. The molecule has 0 saturated carbocycles. The molecule has 1 aliphatic rings. The van der Waals surface area contributed by atoms with Crippen LogP contribution in [0.4, 0.5) is 5.69 Å². The number of carbonyl (C=O) groups is 2. The van der Waals surface area contributed by atoms with Gasteiger partial charge < -0.3 is 30.2 Å². The predicted molar refractivity (Wildman–Crippen MR) is 200 cm³/mol. The Bertz CT molecular complexity index is 1900. The molecule has 12 nitrogen and oxygen atoms in total. The minimum Gasteiger partial charge on any atom is -0.493 e. The molecule has 1 aliphatic carbocycles. The molecule has 14 heteroatoms. The molecule has 0 aliphatic heterocycles. The molecule has 3 N–H and O–H groups in total. The highest BCUT2D eigenvalue weighted by atomic mass is 32.2. The van der Waals surface area contributed by atoms with Crippen LogP contribution in [0.2, 0.25) is 0 Å². The van der Waals surface area contributed by atoms with E-state index in [1.165, 1.54) is 6.92 Å². The molecule has 50 heavy (non-hydrogen) atoms. The minimum atomic E-state index is -0.717. The number of carbonyl (C=O) groups excluding carboxylic acids is 2. The van der Waals surface area contributed by atoms with Gasteiger partial charge in [0.2, 0.25) is 23.0 Å². The Morgan fingerprint density at radius 3 is 2.44 bits per heavy atom. The zero-order chi connectivity index (χ0) is 35.8. The molecule has 0 bridgehead atoms. The smallest absolute Gasteiger partial charge is 0.243 e. The summed E-state index contributed by atoms with van der Waals surface area (Å²) in [5.74, 6) is 3.10. The normalized spacial score (nSPS) is 14.8. The molecule has 266 valence electrons. The molecule has 4 aromatic rings. The molecular formula is C36H44N6O6S2. The van der Waals surface area contributed by atoms with Crippen molar-refractivity contribution >= 4 is 46.7 Å². The summed E-state index contributed by atoms with van der Waals surface area (Å²) >= 11 is 3.31. The van der Waals surface area contributed by atoms with E-state index in [0.717, 1.165) is 16.9 Å². The lowest BCUT2D eigenvalue weighted by molar-refractivity contribution is -0.123. The second-order valence-corrected chi connectivity index (χ2v) is 13.9. The van der Waals surface area contributed by atoms with E-state index in [0.29, 0.717) is 71.3 Å². The first-order chi connectivity index (χ1) is 24.2. The van der Waals surface area contributed by atoms with Crippen LogP contribution in [0.5, 0.6) is 17.2 Å². The van der Waals surface area contributed by atoms with E-state index < -0.39 is 18.1 Å². The fraction of sp³-hybridized carbons (Fsp3) is 0.417. The Labute approximate surface area is 300 Å². The number of methoxy groups -OCH3 is 3. The summed E-state index contributed by atoms with van der Waals surface area (Å²) in [5, 5.41) is 18.2. The van der Waals surface area contributed by atoms with Crippen LogP contribution in [0, 0.1) is 0 Å². The van der Waals surface area contributed by atoms with Crippen LogP contribution in [-0.2, 0) is 16.0 Å². The van der Waals surface area contributed by atoms with Crippen molar-refractivity contribution in [3.05, 3.63) is 75.8 Å². The summed E-state index contributed by atoms with van der Waals surface area (Å²) in [6.07, 6.45) is 8.14. The van der Waals surface area contributed by atoms with Gasteiger partial charge >= 0.3 is 0 Å². The maximum Gasteiger partial charge on any atom is 0.243 e. The van der Waals surface area contributed by atoms with Crippen molar-refractivity contribution in [2.45, 2.75) is 50.7 Å². The number of nitrogens with zero attached hydrogens (tertiary/aromatic N) is 3. The summed E-state index contributed by atoms with van der Waals surface area (Å²) in [6, 6.07) is 11.1. The standard InChI is InChI=1S/C36H44N6O6S2/c1-21(43)37-25-12-10-22-19-30(46-2)33(47-3)34(48-4)32(22)23-11-13-26(29(44)20-24(23)25)38-28(15-18-50-6)36(45)39-27(14-17-49-5)35-41-40-31-9-7-8-16-42(31)35/h7-9,11,13,16,19-20,25,27-28H,10,12,14-15,17-18H2,1-6H3,(H,37,43)(H,38,44)(H,39,45). The monoisotopic (exact) mass is 720 g/mol. The average Bonchev–Trinajstić information content (AvgIpc) is 3.41. The molecule has 2 amide bonds. The maximum absolute atomic E-state index is 14.1. The summed E-state index contributed by atoms with van der Waals surface area (Å²) in [4.78, 5) is 40.5. The number of ether oxygens (including phenoxy) is 3. The molecule has 0 radical (unpaired) electrons. The number of aromatic nitrogens is 3. The second kappa shape index (κ2) is 17.0. The number of rotatable bonds is 15. The van der Waals surface area contributed by atoms with E-state index in [9.17, 15) is 14.4 Å². The van der Waals surface area contributed by atoms with E-state index >= 15 is 0 Å². The van der Waals surface area contributed by atoms with Crippen molar-refractivity contribution in [3.8, 4) is 28.4 Å². The van der Waals surface area contributed by atoms with Gasteiger partial charge in [0.05, 0.1) is 39.1 Å². The Morgan fingerprint density at radius 1 is 0.980 bits per heavy atom. The lowest BCUT2D eigenvalue weighted by Gasteiger charge is -2.23. The first-order valence-corrected chi connectivity index (χ1v) is 19.1. The van der Waals surface area contributed by atoms with Crippen LogP contribution >= 0.6 is 23.5 Å². The third-order valence-corrected chi connectivity index (χ3v) is 10.0. The van der Waals surface area contributed by atoms with Crippen LogP contribution in [-0.4, -0.2) is 77.8 Å². The SMILES string of the molecule is COc1cc2c(c(OC)c1OC)-c1ccc(NC(CCSC)C(=O)NC(CCSC)c3nnc4ccccn34)c(=O)cc1C(NC(C)=O)CC2. The van der Waals surface area contributed by atoms with E-state index in [4.69, 9.17) is 14.2 Å². The Kier molecular flexibility index (Phi) is 12.5. The second-order valence-electron chi connectivity index (χ2n) is 11.9. The van der Waals surface area contributed by atoms with Gasteiger partial charge in [-0.1, -0.05) is 12.1 Å². The number of hydrogen-bond donors (Lipinski definition) is 3. The fourth-order valence-electron chi connectivity index (χ4n) is 6.39. The van der Waals surface area contributed by atoms with E-state index in [1.54, 1.807) is 57.0 Å². The molecule has 0 saturated heterocycles. The number of benzene rings is 1. The lowest BCUT2D eigenvalue weighted by Crippen LogP contribution is -2.43. The Balaban J connectivity index is 1.56. The number of hydrogen-bond acceptors (Lipinski definition) is 11. The topological polar surface area (TPSA) is 145 Å². The van der Waals surface area contributed by atoms with Crippen LogP contribution in [0.1, 0.15) is 55.2 Å². The molecule has 3 atom stereocenters. The average molecular weight is 721 g/mol. The summed E-state index contributed by atoms with van der Waals surface area (Å²) < 4.78 is 19.1. The Morgan fingerprint density at radius 2 is 1.74 bits per heavy atom. The summed E-state index contributed by atoms with van der Waals surface area (Å²) in [6.45, 7) is 1.46. The molecule has 2 aromatic heterocycles. The van der Waals surface area contributed by atoms with Crippen LogP contribution < -0.4 is 35.6 Å². The van der Waals surface area contributed by atoms with Gasteiger partial charge in [-0.3, -0.25) is 18.8 Å². The quantitative estimate of drug-likeness (QED) is 0.152. The number of anilines is 1. The highest BCUT2D eigenvalue weighted by molar-refractivity contribution is 7.98. The number of thioether (sulfide) groups is 2. The van der Waals surface area contributed by atoms with Crippen molar-refractivity contribution in [2.24, 2.45) is 0 Å². The highest BCUT2D eigenvalue weighted by Crippen LogP contribution is 2.50. The highest BCUT2D eigenvalue weighted by Gasteiger charge is 2.30. The van der Waals surface area contributed by atoms with Gasteiger partial charge in [0.25, 0.3) is 0 Å². The van der Waals surface area contributed by atoms with Crippen molar-refractivity contribution in [3.63, 3.8) is 0 Å². The van der Waals surface area contributed by atoms with Crippen LogP contribution in [0.15, 0.2) is 53.5 Å². The number of nitrogens with one attached hydrogen (secondary N) is 3. The number of aryl methyl sites for hydroxylation is 1. The van der Waals surface area contributed by atoms with Gasteiger partial charge in [-0.15, -0.1) is 10.2 Å². The van der Waals surface area contributed by atoms with Crippen molar-refractivity contribution in [2.75, 3.05) is 50.7 Å². The van der Waals surface area contributed by atoms with E-state index in [1.807, 2.05) is 53.4 Å². The first kappa shape index (κ1) is 36.8. The van der Waals surface area contributed by atoms with Crippen molar-refractivity contribution < 1.29 is 23.8 Å². The largest absolute Gasteiger partial charge is 0.493 e. The van der Waals surface area contributed by atoms with Gasteiger partial charge in [-0.05, 0) is 96.7 Å². The number of pyridine rings is 1. The molecule has 0 fully saturated rings. The number of fused-ring (bicyclic) bond motifs is 4. The molecule has 3 unspecified atom stereocenters. The van der Waals surface area contributed by atoms with E-state index in [2.05, 4.69) is 26.1 Å². The molecule has 2 aromatic carbocycles. The van der Waals surface area contributed by atoms with Gasteiger partial charge in [-0.2, -0.15) is 23.5 Å². The molecular weight excluding hydrogens is 677 g/mol. The molecule has 2 heterocycles. The van der Waals surface area contributed by atoms with Crippen molar-refractivity contribution in [1.82, 2.24) is 25.2 Å².